The van der Waals surface area contributed by atoms with Crippen LogP contribution in [0.5, 0.6) is 0 Å². The summed E-state index contributed by atoms with van der Waals surface area (Å²) in [6, 6.07) is -2.74. The van der Waals surface area contributed by atoms with Gasteiger partial charge in [-0.3, -0.25) is 24.7 Å². The van der Waals surface area contributed by atoms with Crippen LogP contribution >= 0.6 is 0 Å². The number of hydrogen-bond acceptors (Lipinski definition) is 7. The van der Waals surface area contributed by atoms with Crippen molar-refractivity contribution in [3.63, 3.8) is 0 Å². The molecule has 1 saturated heterocycles. The number of aliphatic imine (C=N–C) groups is 1. The molecule has 122 valence electrons. The molecule has 0 aromatic carbocycles. The molecule has 0 unspecified atom stereocenters. The van der Waals surface area contributed by atoms with Crippen molar-refractivity contribution in [3.05, 3.63) is 0 Å². The summed E-state index contributed by atoms with van der Waals surface area (Å²) in [4.78, 5) is 54.9. The second-order valence-corrected chi connectivity index (χ2v) is 5.30. The van der Waals surface area contributed by atoms with E-state index in [2.05, 4.69) is 20.7 Å². The number of nitrogens with zero attached hydrogens (tertiary/aromatic N) is 5. The number of imide groups is 1. The quantitative estimate of drug-likeness (QED) is 0.470. The fourth-order valence-corrected chi connectivity index (χ4v) is 2.75. The molecule has 3 heterocycles. The van der Waals surface area contributed by atoms with Crippen molar-refractivity contribution in [3.8, 4) is 0 Å². The Morgan fingerprint density at radius 1 is 1.13 bits per heavy atom. The lowest BCUT2D eigenvalue weighted by atomic mass is 9.84. The van der Waals surface area contributed by atoms with Gasteiger partial charge in [0.1, 0.15) is 0 Å². The van der Waals surface area contributed by atoms with Crippen molar-refractivity contribution in [2.24, 2.45) is 15.8 Å². The number of rotatable bonds is 1. The fraction of sp³-hybridized carbons (Fsp3) is 0.455. The van der Waals surface area contributed by atoms with Gasteiger partial charge in [0.2, 0.25) is 5.54 Å². The van der Waals surface area contributed by atoms with E-state index in [1.807, 2.05) is 0 Å². The lowest BCUT2D eigenvalue weighted by Crippen LogP contribution is -2.80. The van der Waals surface area contributed by atoms with E-state index in [0.29, 0.717) is 0 Å². The first kappa shape index (κ1) is 14.7. The number of likely N-dealkylation sites (N-methyl/N-ethyl adjacent to an activating group) is 2. The van der Waals surface area contributed by atoms with Gasteiger partial charge in [0.25, 0.3) is 11.8 Å². The molecule has 23 heavy (non-hydrogen) atoms. The Bertz CT molecular complexity index is 715. The van der Waals surface area contributed by atoms with Crippen LogP contribution in [0, 0.1) is 0 Å². The van der Waals surface area contributed by atoms with E-state index in [-0.39, 0.29) is 11.8 Å². The van der Waals surface area contributed by atoms with E-state index in [1.165, 1.54) is 21.1 Å². The normalized spacial score (nSPS) is 30.7. The Kier molecular flexibility index (Phi) is 2.83. The van der Waals surface area contributed by atoms with Gasteiger partial charge in [-0.2, -0.15) is 5.10 Å². The molecule has 3 rings (SSSR count). The number of carbonyl (C=O) groups is 4. The third-order valence-electron chi connectivity index (χ3n) is 3.91. The number of guanidine groups is 1. The first-order valence-corrected chi connectivity index (χ1v) is 6.55. The highest BCUT2D eigenvalue weighted by Crippen LogP contribution is 2.30. The van der Waals surface area contributed by atoms with Crippen LogP contribution in [0.15, 0.2) is 10.1 Å². The van der Waals surface area contributed by atoms with Crippen molar-refractivity contribution in [1.82, 2.24) is 25.4 Å². The van der Waals surface area contributed by atoms with Crippen molar-refractivity contribution in [2.75, 3.05) is 21.1 Å². The highest BCUT2D eigenvalue weighted by molar-refractivity contribution is 6.29. The molecule has 0 spiro atoms. The molecule has 2 atom stereocenters. The number of carbonyl (C=O) groups excluding carboxylic acids is 4. The Balaban J connectivity index is 2.25. The molecular formula is C11H14N8O4. The van der Waals surface area contributed by atoms with Gasteiger partial charge >= 0.3 is 12.1 Å². The minimum atomic E-state index is -1.94. The molecule has 1 fully saturated rings. The summed E-state index contributed by atoms with van der Waals surface area (Å²) < 4.78 is 0. The standard InChI is InChI=1S/C11H14N8O4/c1-17-6-11(7(21)18(2)10(17)23,15-9(22)19(3)16-6)4-5(20)14-8(12)13-4/h4H,1-3H3,(H,15,22)(H3,12,13,14,20)/t4-,11+/m0/s1. The summed E-state index contributed by atoms with van der Waals surface area (Å²) in [5, 5.41) is 9.64. The first-order valence-electron chi connectivity index (χ1n) is 6.55. The lowest BCUT2D eigenvalue weighted by molar-refractivity contribution is -0.137. The van der Waals surface area contributed by atoms with Crippen LogP contribution in [0.25, 0.3) is 0 Å². The fourth-order valence-electron chi connectivity index (χ4n) is 2.75. The molecule has 4 N–H and O–H groups in total. The van der Waals surface area contributed by atoms with Gasteiger partial charge in [0, 0.05) is 21.1 Å². The van der Waals surface area contributed by atoms with Gasteiger partial charge < -0.3 is 11.1 Å². The van der Waals surface area contributed by atoms with Crippen LogP contribution in [0.2, 0.25) is 0 Å². The van der Waals surface area contributed by atoms with Gasteiger partial charge in [0.05, 0.1) is 0 Å². The van der Waals surface area contributed by atoms with Gasteiger partial charge in [-0.15, -0.1) is 0 Å². The van der Waals surface area contributed by atoms with Crippen molar-refractivity contribution in [1.29, 1.82) is 0 Å². The number of hydrazone groups is 1. The molecule has 3 aliphatic rings. The Morgan fingerprint density at radius 2 is 1.78 bits per heavy atom. The van der Waals surface area contributed by atoms with Crippen molar-refractivity contribution in [2.45, 2.75) is 11.6 Å². The predicted molar refractivity (Wildman–Crippen MR) is 75.9 cm³/mol. The minimum absolute atomic E-state index is 0.105. The zero-order valence-electron chi connectivity index (χ0n) is 12.5. The maximum absolute atomic E-state index is 12.8. The summed E-state index contributed by atoms with van der Waals surface area (Å²) >= 11 is 0. The zero-order valence-corrected chi connectivity index (χ0v) is 12.5. The van der Waals surface area contributed by atoms with Gasteiger partial charge in [0.15, 0.2) is 17.8 Å². The van der Waals surface area contributed by atoms with Gasteiger partial charge in [-0.25, -0.2) is 19.6 Å². The van der Waals surface area contributed by atoms with E-state index in [9.17, 15) is 19.2 Å². The summed E-state index contributed by atoms with van der Waals surface area (Å²) in [7, 11) is 3.97. The third kappa shape index (κ3) is 1.71. The van der Waals surface area contributed by atoms with E-state index >= 15 is 0 Å². The van der Waals surface area contributed by atoms with E-state index < -0.39 is 35.5 Å². The Morgan fingerprint density at radius 3 is 2.35 bits per heavy atom. The molecule has 0 bridgehead atoms. The van der Waals surface area contributed by atoms with Crippen LogP contribution in [0.4, 0.5) is 9.59 Å². The highest BCUT2D eigenvalue weighted by Gasteiger charge is 2.64. The van der Waals surface area contributed by atoms with Crippen LogP contribution in [-0.4, -0.2) is 83.2 Å². The smallest absolute Gasteiger partial charge is 0.338 e. The monoisotopic (exact) mass is 322 g/mol. The molecule has 0 aromatic rings. The average Bonchev–Trinajstić information content (AvgIpc) is 2.84. The molecule has 6 amide bonds. The molecular weight excluding hydrogens is 308 g/mol. The predicted octanol–water partition coefficient (Wildman–Crippen LogP) is -2.97. The number of nitrogens with one attached hydrogen (secondary N) is 2. The molecule has 0 saturated carbocycles. The summed E-state index contributed by atoms with van der Waals surface area (Å²) in [6.45, 7) is 0. The highest BCUT2D eigenvalue weighted by atomic mass is 16.2. The zero-order chi connectivity index (χ0) is 17.1. The largest absolute Gasteiger partial charge is 0.370 e. The number of amidine groups is 1. The molecule has 0 aliphatic carbocycles. The number of urea groups is 2. The van der Waals surface area contributed by atoms with Crippen LogP contribution in [0.3, 0.4) is 0 Å². The number of fused-ring (bicyclic) bond motifs is 1. The number of nitrogens with two attached hydrogens (primary N) is 1. The molecule has 12 heteroatoms. The van der Waals surface area contributed by atoms with Crippen LogP contribution in [0.1, 0.15) is 0 Å². The van der Waals surface area contributed by atoms with E-state index in [1.54, 1.807) is 0 Å². The maximum Gasteiger partial charge on any atom is 0.338 e. The second-order valence-electron chi connectivity index (χ2n) is 5.30. The van der Waals surface area contributed by atoms with Gasteiger partial charge in [-0.05, 0) is 0 Å². The summed E-state index contributed by atoms with van der Waals surface area (Å²) in [5.41, 5.74) is 3.56. The summed E-state index contributed by atoms with van der Waals surface area (Å²) in [5.74, 6) is -1.79. The average molecular weight is 322 g/mol. The summed E-state index contributed by atoms with van der Waals surface area (Å²) in [6.07, 6.45) is 0. The maximum atomic E-state index is 12.8. The molecule has 0 radical (unpaired) electrons. The molecule has 3 aliphatic heterocycles. The van der Waals surface area contributed by atoms with E-state index in [4.69, 9.17) is 5.73 Å². The van der Waals surface area contributed by atoms with Crippen LogP contribution < -0.4 is 16.4 Å². The lowest BCUT2D eigenvalue weighted by Gasteiger charge is -2.47. The number of hydrogen-bond donors (Lipinski definition) is 3. The molecule has 0 aromatic heterocycles. The van der Waals surface area contributed by atoms with Gasteiger partial charge in [-0.1, -0.05) is 0 Å². The SMILES string of the molecule is CN1N=C2N(C)C(=O)N(C)C(=O)[C@]2([C@H]2N=C(N)NC2=O)NC1=O. The Hall–Kier alpha value is -3.18. The molecule has 12 nitrogen and oxygen atoms in total. The first-order chi connectivity index (χ1) is 10.7. The second kappa shape index (κ2) is 4.41. The van der Waals surface area contributed by atoms with Crippen molar-refractivity contribution < 1.29 is 19.2 Å². The van der Waals surface area contributed by atoms with E-state index in [0.717, 1.165) is 14.8 Å². The topological polar surface area (TPSA) is 153 Å². The Labute approximate surface area is 129 Å². The third-order valence-corrected chi connectivity index (χ3v) is 3.91. The van der Waals surface area contributed by atoms with Crippen molar-refractivity contribution >= 4 is 35.7 Å². The minimum Gasteiger partial charge on any atom is -0.370 e. The van der Waals surface area contributed by atoms with Crippen LogP contribution in [-0.2, 0) is 9.59 Å². The number of amides is 6.